The van der Waals surface area contributed by atoms with Gasteiger partial charge in [0, 0.05) is 13.5 Å². The van der Waals surface area contributed by atoms with Gasteiger partial charge in [-0.1, -0.05) is 57.4 Å². The molecule has 1 aliphatic rings. The molecule has 0 unspecified atom stereocenters. The van der Waals surface area contributed by atoms with Crippen LogP contribution in [0.25, 0.3) is 5.69 Å². The van der Waals surface area contributed by atoms with E-state index in [2.05, 4.69) is 5.32 Å². The molecular formula is C31H39N3O6. The van der Waals surface area contributed by atoms with E-state index in [9.17, 15) is 24.6 Å². The van der Waals surface area contributed by atoms with Gasteiger partial charge in [0.15, 0.2) is 0 Å². The molecule has 9 heteroatoms. The van der Waals surface area contributed by atoms with Crippen molar-refractivity contribution in [3.63, 3.8) is 0 Å². The molecule has 0 aliphatic heterocycles. The van der Waals surface area contributed by atoms with Crippen molar-refractivity contribution >= 4 is 11.9 Å². The minimum Gasteiger partial charge on any atom is -0.497 e. The number of aromatic nitrogens is 2. The Morgan fingerprint density at radius 2 is 1.62 bits per heavy atom. The van der Waals surface area contributed by atoms with Crippen LogP contribution in [0, 0.1) is 5.92 Å². The molecule has 1 fully saturated rings. The second-order valence-electron chi connectivity index (χ2n) is 11.2. The molecule has 0 saturated heterocycles. The number of hydrogen-bond acceptors (Lipinski definition) is 5. The van der Waals surface area contributed by atoms with Gasteiger partial charge in [-0.3, -0.25) is 9.36 Å². The van der Waals surface area contributed by atoms with E-state index in [0.717, 1.165) is 24.8 Å². The van der Waals surface area contributed by atoms with Crippen LogP contribution in [0.1, 0.15) is 62.8 Å². The Kier molecular flexibility index (Phi) is 8.71. The number of nitrogens with one attached hydrogen (secondary N) is 1. The predicted octanol–water partition coefficient (Wildman–Crippen LogP) is 4.10. The molecule has 1 heterocycles. The highest BCUT2D eigenvalue weighted by molar-refractivity contribution is 5.91. The molecule has 1 aliphatic carbocycles. The van der Waals surface area contributed by atoms with Crippen LogP contribution in [-0.2, 0) is 34.9 Å². The first-order valence-corrected chi connectivity index (χ1v) is 13.8. The number of carbonyl (C=O) groups excluding carboxylic acids is 1. The molecule has 0 spiro atoms. The third-order valence-electron chi connectivity index (χ3n) is 7.98. The van der Waals surface area contributed by atoms with Crippen LogP contribution in [0.2, 0.25) is 0 Å². The molecule has 40 heavy (non-hydrogen) atoms. The third-order valence-corrected chi connectivity index (χ3v) is 7.98. The summed E-state index contributed by atoms with van der Waals surface area (Å²) in [5, 5.41) is 23.6. The lowest BCUT2D eigenvalue weighted by atomic mass is 9.68. The summed E-state index contributed by atoms with van der Waals surface area (Å²) < 4.78 is 7.97. The summed E-state index contributed by atoms with van der Waals surface area (Å²) in [6.07, 6.45) is 4.76. The maximum atomic E-state index is 13.7. The molecule has 1 saturated carbocycles. The molecule has 3 aromatic rings. The van der Waals surface area contributed by atoms with E-state index >= 15 is 0 Å². The zero-order valence-corrected chi connectivity index (χ0v) is 23.6. The Morgan fingerprint density at radius 1 is 1.00 bits per heavy atom. The van der Waals surface area contributed by atoms with Crippen molar-refractivity contribution in [1.82, 2.24) is 14.5 Å². The van der Waals surface area contributed by atoms with Crippen molar-refractivity contribution in [2.75, 3.05) is 7.11 Å². The van der Waals surface area contributed by atoms with Crippen LogP contribution in [0.4, 0.5) is 0 Å². The standard InChI is InChI=1S/C31H39N3O6/c1-20(2)18-26-27(35)34(30(39)33(26)3)23-12-8-21(9-13-23)19-25(28(36)37)32-29(38)31(16-6-5-7-17-31)22-10-14-24(40-4)15-11-22/h8-15,20,25,35H,5-7,16-19H2,1-4H3,(H,32,38)(H,36,37)/t25-/m0/s1. The topological polar surface area (TPSA) is 123 Å². The first-order chi connectivity index (χ1) is 19.1. The van der Waals surface area contributed by atoms with Crippen molar-refractivity contribution in [3.05, 3.63) is 75.8 Å². The quantitative estimate of drug-likeness (QED) is 0.350. The fraction of sp³-hybridized carbons (Fsp3) is 0.452. The van der Waals surface area contributed by atoms with Gasteiger partial charge >= 0.3 is 11.7 Å². The summed E-state index contributed by atoms with van der Waals surface area (Å²) in [6, 6.07) is 13.1. The molecule has 2 aromatic carbocycles. The van der Waals surface area contributed by atoms with Crippen molar-refractivity contribution in [1.29, 1.82) is 0 Å². The lowest BCUT2D eigenvalue weighted by Crippen LogP contribution is -2.52. The van der Waals surface area contributed by atoms with E-state index in [1.54, 1.807) is 38.4 Å². The molecule has 1 amide bonds. The number of benzene rings is 2. The number of nitrogens with zero attached hydrogens (tertiary/aromatic N) is 2. The van der Waals surface area contributed by atoms with Crippen LogP contribution >= 0.6 is 0 Å². The Balaban J connectivity index is 1.55. The molecular weight excluding hydrogens is 510 g/mol. The van der Waals surface area contributed by atoms with E-state index in [1.165, 1.54) is 9.13 Å². The second-order valence-corrected chi connectivity index (χ2v) is 11.2. The molecule has 9 nitrogen and oxygen atoms in total. The number of aliphatic carboxylic acids is 1. The van der Waals surface area contributed by atoms with Gasteiger partial charge in [-0.2, -0.15) is 0 Å². The lowest BCUT2D eigenvalue weighted by molar-refractivity contribution is -0.143. The van der Waals surface area contributed by atoms with Crippen LogP contribution in [0.5, 0.6) is 11.6 Å². The van der Waals surface area contributed by atoms with Gasteiger partial charge in [0.05, 0.1) is 23.9 Å². The first-order valence-electron chi connectivity index (χ1n) is 13.8. The number of amides is 1. The molecule has 0 radical (unpaired) electrons. The van der Waals surface area contributed by atoms with Gasteiger partial charge in [-0.25, -0.2) is 14.2 Å². The molecule has 214 valence electrons. The van der Waals surface area contributed by atoms with Gasteiger partial charge < -0.3 is 20.3 Å². The number of methoxy groups -OCH3 is 1. The third kappa shape index (κ3) is 5.78. The number of aromatic hydroxyl groups is 1. The minimum absolute atomic E-state index is 0.0777. The van der Waals surface area contributed by atoms with E-state index in [1.807, 2.05) is 38.1 Å². The summed E-state index contributed by atoms with van der Waals surface area (Å²) in [5.41, 5.74) is 1.45. The van der Waals surface area contributed by atoms with Crippen LogP contribution in [-0.4, -0.2) is 44.4 Å². The van der Waals surface area contributed by atoms with E-state index in [0.29, 0.717) is 42.0 Å². The van der Waals surface area contributed by atoms with Crippen molar-refractivity contribution in [2.24, 2.45) is 13.0 Å². The number of carbonyl (C=O) groups is 2. The monoisotopic (exact) mass is 549 g/mol. The fourth-order valence-electron chi connectivity index (χ4n) is 5.71. The predicted molar refractivity (Wildman–Crippen MR) is 152 cm³/mol. The maximum Gasteiger partial charge on any atom is 0.335 e. The molecule has 1 aromatic heterocycles. The highest BCUT2D eigenvalue weighted by atomic mass is 16.5. The smallest absolute Gasteiger partial charge is 0.335 e. The van der Waals surface area contributed by atoms with Gasteiger partial charge in [0.2, 0.25) is 11.8 Å². The number of carboxylic acid groups (broad SMARTS) is 1. The van der Waals surface area contributed by atoms with Crippen molar-refractivity contribution in [2.45, 2.75) is 70.3 Å². The van der Waals surface area contributed by atoms with Crippen LogP contribution in [0.3, 0.4) is 0 Å². The highest BCUT2D eigenvalue weighted by Gasteiger charge is 2.42. The zero-order chi connectivity index (χ0) is 29.0. The van der Waals surface area contributed by atoms with Crippen molar-refractivity contribution in [3.8, 4) is 17.3 Å². The van der Waals surface area contributed by atoms with Gasteiger partial charge in [0.25, 0.3) is 0 Å². The number of ether oxygens (including phenoxy) is 1. The van der Waals surface area contributed by atoms with Gasteiger partial charge in [0.1, 0.15) is 11.8 Å². The van der Waals surface area contributed by atoms with Gasteiger partial charge in [-0.05, 0) is 60.6 Å². The summed E-state index contributed by atoms with van der Waals surface area (Å²) in [6.45, 7) is 4.03. The molecule has 3 N–H and O–H groups in total. The fourth-order valence-corrected chi connectivity index (χ4v) is 5.71. The summed E-state index contributed by atoms with van der Waals surface area (Å²) in [4.78, 5) is 38.8. The first kappa shape index (κ1) is 29.0. The number of carboxylic acids is 1. The summed E-state index contributed by atoms with van der Waals surface area (Å²) in [7, 11) is 3.23. The highest BCUT2D eigenvalue weighted by Crippen LogP contribution is 2.40. The molecule has 1 atom stereocenters. The number of hydrogen-bond donors (Lipinski definition) is 3. The molecule has 0 bridgehead atoms. The lowest BCUT2D eigenvalue weighted by Gasteiger charge is -2.37. The largest absolute Gasteiger partial charge is 0.497 e. The van der Waals surface area contributed by atoms with E-state index in [4.69, 9.17) is 4.74 Å². The average molecular weight is 550 g/mol. The molecule has 4 rings (SSSR count). The Hall–Kier alpha value is -4.01. The average Bonchev–Trinajstić information content (AvgIpc) is 3.15. The Bertz CT molecular complexity index is 1400. The Labute approximate surface area is 234 Å². The van der Waals surface area contributed by atoms with E-state index in [-0.39, 0.29) is 29.8 Å². The normalized spacial score (nSPS) is 15.5. The summed E-state index contributed by atoms with van der Waals surface area (Å²) >= 11 is 0. The maximum absolute atomic E-state index is 13.7. The minimum atomic E-state index is -1.12. The van der Waals surface area contributed by atoms with Crippen LogP contribution in [0.15, 0.2) is 53.3 Å². The van der Waals surface area contributed by atoms with E-state index < -0.39 is 17.4 Å². The number of imidazole rings is 1. The van der Waals surface area contributed by atoms with Crippen LogP contribution < -0.4 is 15.7 Å². The number of rotatable bonds is 10. The van der Waals surface area contributed by atoms with Crippen molar-refractivity contribution < 1.29 is 24.5 Å². The SMILES string of the molecule is COc1ccc(C2(C(=O)N[C@@H](Cc3ccc(-n4c(O)c(CC(C)C)n(C)c4=O)cc3)C(=O)O)CCCCC2)cc1. The Morgan fingerprint density at radius 3 is 2.17 bits per heavy atom. The second kappa shape index (κ2) is 12.0. The van der Waals surface area contributed by atoms with Gasteiger partial charge in [-0.15, -0.1) is 0 Å². The zero-order valence-electron chi connectivity index (χ0n) is 23.6. The summed E-state index contributed by atoms with van der Waals surface area (Å²) in [5.74, 6) is -0.534.